The minimum absolute atomic E-state index is 0. The topological polar surface area (TPSA) is 68.1 Å². The first-order valence-electron chi connectivity index (χ1n) is 5.98. The lowest BCUT2D eigenvalue weighted by Crippen LogP contribution is -2.44. The molecule has 0 radical (unpaired) electrons. The van der Waals surface area contributed by atoms with Gasteiger partial charge in [0.2, 0.25) is 0 Å². The van der Waals surface area contributed by atoms with Gasteiger partial charge in [-0.1, -0.05) is 0 Å². The molecule has 112 valence electrons. The van der Waals surface area contributed by atoms with Gasteiger partial charge >= 0.3 is 0 Å². The van der Waals surface area contributed by atoms with Gasteiger partial charge in [0.05, 0.1) is 7.11 Å². The molecule has 3 rings (SSSR count). The maximum absolute atomic E-state index is 5.23. The van der Waals surface area contributed by atoms with Gasteiger partial charge in [-0.3, -0.25) is 4.57 Å². The van der Waals surface area contributed by atoms with Gasteiger partial charge in [-0.25, -0.2) is 9.97 Å². The Morgan fingerprint density at radius 2 is 1.90 bits per heavy atom. The van der Waals surface area contributed by atoms with Gasteiger partial charge in [-0.05, 0) is 0 Å². The van der Waals surface area contributed by atoms with E-state index in [1.54, 1.807) is 13.4 Å². The smallest absolute Gasteiger partial charge is 0.298 e. The second kappa shape index (κ2) is 6.92. The van der Waals surface area contributed by atoms with Gasteiger partial charge < -0.3 is 15.0 Å². The van der Waals surface area contributed by atoms with Crippen LogP contribution >= 0.6 is 24.8 Å². The van der Waals surface area contributed by atoms with Crippen LogP contribution in [0.25, 0.3) is 11.2 Å². The van der Waals surface area contributed by atoms with E-state index in [0.29, 0.717) is 6.01 Å². The molecule has 0 amide bonds. The molecular weight excluding hydrogens is 303 g/mol. The summed E-state index contributed by atoms with van der Waals surface area (Å²) in [6, 6.07) is 0.557. The molecule has 0 aromatic carbocycles. The molecule has 20 heavy (non-hydrogen) atoms. The van der Waals surface area contributed by atoms with Gasteiger partial charge in [0, 0.05) is 33.2 Å². The molecule has 0 atom stereocenters. The monoisotopic (exact) mass is 320 g/mol. The first-order valence-corrected chi connectivity index (χ1v) is 5.98. The molecule has 0 bridgehead atoms. The summed E-state index contributed by atoms with van der Waals surface area (Å²) >= 11 is 0. The van der Waals surface area contributed by atoms with E-state index >= 15 is 0 Å². The number of aromatic nitrogens is 4. The third-order valence-electron chi connectivity index (χ3n) is 3.19. The number of hydrogen-bond donors (Lipinski definition) is 1. The van der Waals surface area contributed by atoms with Crippen LogP contribution in [0.15, 0.2) is 6.33 Å². The summed E-state index contributed by atoms with van der Waals surface area (Å²) in [5, 5.41) is 3.32. The van der Waals surface area contributed by atoms with E-state index in [0.717, 1.165) is 43.2 Å². The third kappa shape index (κ3) is 2.74. The van der Waals surface area contributed by atoms with Crippen LogP contribution in [0.5, 0.6) is 6.01 Å². The van der Waals surface area contributed by atoms with Crippen molar-refractivity contribution in [1.29, 1.82) is 0 Å². The fourth-order valence-electron chi connectivity index (χ4n) is 2.26. The Morgan fingerprint density at radius 3 is 2.55 bits per heavy atom. The molecule has 3 heterocycles. The van der Waals surface area contributed by atoms with E-state index in [1.807, 2.05) is 11.6 Å². The Balaban J connectivity index is 0.000001000. The molecule has 0 saturated carbocycles. The van der Waals surface area contributed by atoms with Gasteiger partial charge in [-0.15, -0.1) is 24.8 Å². The van der Waals surface area contributed by atoms with Gasteiger partial charge in [0.15, 0.2) is 17.0 Å². The van der Waals surface area contributed by atoms with Crippen molar-refractivity contribution >= 4 is 41.8 Å². The number of anilines is 1. The van der Waals surface area contributed by atoms with Crippen molar-refractivity contribution in [2.75, 3.05) is 38.2 Å². The Labute approximate surface area is 129 Å². The first-order chi connectivity index (χ1) is 8.81. The zero-order chi connectivity index (χ0) is 12.5. The molecule has 1 saturated heterocycles. The van der Waals surface area contributed by atoms with Gasteiger partial charge in [0.25, 0.3) is 6.01 Å². The Kier molecular flexibility index (Phi) is 5.79. The number of rotatable bonds is 2. The standard InChI is InChI=1S/C11H16N6O.2ClH/c1-16-9-8(15-11(16)18-2)10(14-7-13-9)17-5-3-12-4-6-17;;/h7,12H,3-6H2,1-2H3;2*1H. The number of nitrogens with zero attached hydrogens (tertiary/aromatic N) is 5. The number of halogens is 2. The molecule has 1 N–H and O–H groups in total. The Hall–Kier alpha value is -1.31. The normalized spacial score (nSPS) is 14.6. The largest absolute Gasteiger partial charge is 0.468 e. The van der Waals surface area contributed by atoms with E-state index in [2.05, 4.69) is 25.2 Å². The number of nitrogens with one attached hydrogen (secondary N) is 1. The number of imidazole rings is 1. The van der Waals surface area contributed by atoms with Crippen LogP contribution in [0.3, 0.4) is 0 Å². The Morgan fingerprint density at radius 1 is 1.20 bits per heavy atom. The maximum Gasteiger partial charge on any atom is 0.298 e. The predicted octanol–water partition coefficient (Wildman–Crippen LogP) is 0.625. The minimum atomic E-state index is 0. The summed E-state index contributed by atoms with van der Waals surface area (Å²) in [4.78, 5) is 15.3. The molecule has 0 unspecified atom stereocenters. The van der Waals surface area contributed by atoms with Crippen LogP contribution < -0.4 is 15.0 Å². The highest BCUT2D eigenvalue weighted by atomic mass is 35.5. The van der Waals surface area contributed by atoms with Crippen LogP contribution in [0.4, 0.5) is 5.82 Å². The number of methoxy groups -OCH3 is 1. The molecule has 2 aromatic heterocycles. The van der Waals surface area contributed by atoms with Gasteiger partial charge in [0.1, 0.15) is 6.33 Å². The van der Waals surface area contributed by atoms with E-state index in [1.165, 1.54) is 0 Å². The molecule has 0 aliphatic carbocycles. The van der Waals surface area contributed by atoms with Crippen LogP contribution in [0.2, 0.25) is 0 Å². The highest BCUT2D eigenvalue weighted by Crippen LogP contribution is 2.25. The lowest BCUT2D eigenvalue weighted by molar-refractivity contribution is 0.368. The fraction of sp³-hybridized carbons (Fsp3) is 0.545. The summed E-state index contributed by atoms with van der Waals surface area (Å²) in [6.07, 6.45) is 1.58. The van der Waals surface area contributed by atoms with Crippen LogP contribution in [-0.2, 0) is 7.05 Å². The molecule has 1 aliphatic rings. The second-order valence-corrected chi connectivity index (χ2v) is 4.26. The summed E-state index contributed by atoms with van der Waals surface area (Å²) in [5.74, 6) is 0.889. The quantitative estimate of drug-likeness (QED) is 0.875. The van der Waals surface area contributed by atoms with E-state index in [4.69, 9.17) is 4.74 Å². The molecular formula is C11H18Cl2N6O. The van der Waals surface area contributed by atoms with Crippen LogP contribution in [0.1, 0.15) is 0 Å². The third-order valence-corrected chi connectivity index (χ3v) is 3.19. The second-order valence-electron chi connectivity index (χ2n) is 4.26. The SMILES string of the molecule is COc1nc2c(N3CCNCC3)ncnc2n1C.Cl.Cl. The van der Waals surface area contributed by atoms with E-state index in [9.17, 15) is 0 Å². The van der Waals surface area contributed by atoms with Crippen molar-refractivity contribution in [1.82, 2.24) is 24.8 Å². The zero-order valence-electron chi connectivity index (χ0n) is 11.4. The summed E-state index contributed by atoms with van der Waals surface area (Å²) in [5.41, 5.74) is 1.61. The number of piperazine rings is 1. The molecule has 9 heteroatoms. The fourth-order valence-corrected chi connectivity index (χ4v) is 2.26. The number of ether oxygens (including phenoxy) is 1. The number of fused-ring (bicyclic) bond motifs is 1. The summed E-state index contributed by atoms with van der Waals surface area (Å²) in [7, 11) is 3.50. The minimum Gasteiger partial charge on any atom is -0.468 e. The highest BCUT2D eigenvalue weighted by Gasteiger charge is 2.19. The molecule has 1 fully saturated rings. The zero-order valence-corrected chi connectivity index (χ0v) is 13.0. The van der Waals surface area contributed by atoms with Crippen molar-refractivity contribution in [3.8, 4) is 6.01 Å². The molecule has 2 aromatic rings. The summed E-state index contributed by atoms with van der Waals surface area (Å²) in [6.45, 7) is 3.81. The van der Waals surface area contributed by atoms with Gasteiger partial charge in [-0.2, -0.15) is 4.98 Å². The van der Waals surface area contributed by atoms with Crippen molar-refractivity contribution < 1.29 is 4.74 Å². The number of hydrogen-bond acceptors (Lipinski definition) is 6. The van der Waals surface area contributed by atoms with Crippen molar-refractivity contribution in [3.05, 3.63) is 6.33 Å². The maximum atomic E-state index is 5.23. The summed E-state index contributed by atoms with van der Waals surface area (Å²) < 4.78 is 7.06. The first kappa shape index (κ1) is 16.7. The van der Waals surface area contributed by atoms with E-state index < -0.39 is 0 Å². The lowest BCUT2D eigenvalue weighted by Gasteiger charge is -2.28. The molecule has 0 spiro atoms. The van der Waals surface area contributed by atoms with Crippen molar-refractivity contribution in [2.24, 2.45) is 7.05 Å². The van der Waals surface area contributed by atoms with Crippen LogP contribution in [-0.4, -0.2) is 52.8 Å². The average molecular weight is 321 g/mol. The number of aryl methyl sites for hydroxylation is 1. The highest BCUT2D eigenvalue weighted by molar-refractivity contribution is 5.86. The average Bonchev–Trinajstić information content (AvgIpc) is 2.77. The van der Waals surface area contributed by atoms with Crippen molar-refractivity contribution in [3.63, 3.8) is 0 Å². The van der Waals surface area contributed by atoms with Crippen LogP contribution in [0, 0.1) is 0 Å². The molecule has 7 nitrogen and oxygen atoms in total. The lowest BCUT2D eigenvalue weighted by atomic mass is 10.3. The molecule has 1 aliphatic heterocycles. The van der Waals surface area contributed by atoms with E-state index in [-0.39, 0.29) is 24.8 Å². The predicted molar refractivity (Wildman–Crippen MR) is 82.4 cm³/mol. The van der Waals surface area contributed by atoms with Crippen molar-refractivity contribution in [2.45, 2.75) is 0 Å². The Bertz CT molecular complexity index is 569.